The molecule has 1 fully saturated rings. The lowest BCUT2D eigenvalue weighted by Crippen LogP contribution is -2.48. The van der Waals surface area contributed by atoms with Gasteiger partial charge in [0.1, 0.15) is 0 Å². The standard InChI is InChI=1S/C12H18N2/c1-9(2)14-7-11(8-14)12-4-5-13-6-10(12)3/h4-6,9,11H,7-8H2,1-3H3. The van der Waals surface area contributed by atoms with Crippen LogP contribution in [-0.2, 0) is 0 Å². The second-order valence-corrected chi connectivity index (χ2v) is 4.48. The van der Waals surface area contributed by atoms with Crippen molar-refractivity contribution in [3.8, 4) is 0 Å². The van der Waals surface area contributed by atoms with Crippen LogP contribution in [0.15, 0.2) is 18.5 Å². The van der Waals surface area contributed by atoms with E-state index in [4.69, 9.17) is 0 Å². The zero-order valence-electron chi connectivity index (χ0n) is 9.20. The first-order valence-corrected chi connectivity index (χ1v) is 5.33. The zero-order valence-corrected chi connectivity index (χ0v) is 9.20. The summed E-state index contributed by atoms with van der Waals surface area (Å²) in [6, 6.07) is 2.85. The minimum atomic E-state index is 0.688. The fraction of sp³-hybridized carbons (Fsp3) is 0.583. The topological polar surface area (TPSA) is 16.1 Å². The highest BCUT2D eigenvalue weighted by atomic mass is 15.2. The van der Waals surface area contributed by atoms with E-state index in [1.54, 1.807) is 0 Å². The molecule has 76 valence electrons. The Hall–Kier alpha value is -0.890. The summed E-state index contributed by atoms with van der Waals surface area (Å²) in [5.74, 6) is 0.736. The average molecular weight is 190 g/mol. The van der Waals surface area contributed by atoms with Crippen molar-refractivity contribution in [1.29, 1.82) is 0 Å². The first-order chi connectivity index (χ1) is 6.68. The van der Waals surface area contributed by atoms with E-state index in [0.29, 0.717) is 6.04 Å². The van der Waals surface area contributed by atoms with E-state index in [9.17, 15) is 0 Å². The highest BCUT2D eigenvalue weighted by Gasteiger charge is 2.30. The van der Waals surface area contributed by atoms with Gasteiger partial charge in [0, 0.05) is 37.4 Å². The molecule has 1 aromatic heterocycles. The molecular weight excluding hydrogens is 172 g/mol. The van der Waals surface area contributed by atoms with E-state index >= 15 is 0 Å². The van der Waals surface area contributed by atoms with E-state index in [-0.39, 0.29) is 0 Å². The van der Waals surface area contributed by atoms with Gasteiger partial charge in [0.25, 0.3) is 0 Å². The van der Waals surface area contributed by atoms with Gasteiger partial charge in [0.15, 0.2) is 0 Å². The van der Waals surface area contributed by atoms with Gasteiger partial charge in [-0.1, -0.05) is 0 Å². The van der Waals surface area contributed by atoms with Crippen LogP contribution in [0, 0.1) is 6.92 Å². The van der Waals surface area contributed by atoms with Gasteiger partial charge >= 0.3 is 0 Å². The number of hydrogen-bond donors (Lipinski definition) is 0. The lowest BCUT2D eigenvalue weighted by molar-refractivity contribution is 0.109. The quantitative estimate of drug-likeness (QED) is 0.710. The minimum absolute atomic E-state index is 0.688. The highest BCUT2D eigenvalue weighted by Crippen LogP contribution is 2.29. The normalized spacial score (nSPS) is 18.6. The maximum absolute atomic E-state index is 4.13. The largest absolute Gasteiger partial charge is 0.300 e. The molecule has 0 amide bonds. The molecule has 1 saturated heterocycles. The van der Waals surface area contributed by atoms with Crippen LogP contribution >= 0.6 is 0 Å². The van der Waals surface area contributed by atoms with Gasteiger partial charge in [-0.3, -0.25) is 9.88 Å². The Labute approximate surface area is 86.0 Å². The summed E-state index contributed by atoms with van der Waals surface area (Å²) in [4.78, 5) is 6.63. The number of pyridine rings is 1. The van der Waals surface area contributed by atoms with Crippen molar-refractivity contribution in [2.45, 2.75) is 32.7 Å². The summed E-state index contributed by atoms with van der Waals surface area (Å²) in [5.41, 5.74) is 2.82. The summed E-state index contributed by atoms with van der Waals surface area (Å²) in [7, 11) is 0. The third-order valence-electron chi connectivity index (χ3n) is 3.14. The molecule has 2 heterocycles. The van der Waals surface area contributed by atoms with Crippen LogP contribution in [0.4, 0.5) is 0 Å². The highest BCUT2D eigenvalue weighted by molar-refractivity contribution is 5.28. The molecule has 0 bridgehead atoms. The molecular formula is C12H18N2. The van der Waals surface area contributed by atoms with Crippen LogP contribution in [0.5, 0.6) is 0 Å². The van der Waals surface area contributed by atoms with E-state index < -0.39 is 0 Å². The van der Waals surface area contributed by atoms with Crippen LogP contribution in [0.3, 0.4) is 0 Å². The fourth-order valence-electron chi connectivity index (χ4n) is 2.07. The molecule has 2 rings (SSSR count). The van der Waals surface area contributed by atoms with E-state index in [1.165, 1.54) is 24.2 Å². The summed E-state index contributed by atoms with van der Waals surface area (Å²) < 4.78 is 0. The maximum Gasteiger partial charge on any atom is 0.0299 e. The molecule has 0 saturated carbocycles. The van der Waals surface area contributed by atoms with Crippen LogP contribution in [0.25, 0.3) is 0 Å². The molecule has 0 radical (unpaired) electrons. The second-order valence-electron chi connectivity index (χ2n) is 4.48. The van der Waals surface area contributed by atoms with Gasteiger partial charge in [0.05, 0.1) is 0 Å². The van der Waals surface area contributed by atoms with Gasteiger partial charge < -0.3 is 0 Å². The number of rotatable bonds is 2. The van der Waals surface area contributed by atoms with E-state index in [0.717, 1.165) is 5.92 Å². The molecule has 0 atom stereocenters. The molecule has 2 heteroatoms. The molecule has 1 aromatic rings. The third-order valence-corrected chi connectivity index (χ3v) is 3.14. The van der Waals surface area contributed by atoms with Crippen molar-refractivity contribution in [1.82, 2.24) is 9.88 Å². The summed E-state index contributed by atoms with van der Waals surface area (Å²) in [5, 5.41) is 0. The number of aryl methyl sites for hydroxylation is 1. The predicted molar refractivity (Wildman–Crippen MR) is 58.4 cm³/mol. The monoisotopic (exact) mass is 190 g/mol. The van der Waals surface area contributed by atoms with Crippen molar-refractivity contribution < 1.29 is 0 Å². The van der Waals surface area contributed by atoms with Crippen LogP contribution in [0.1, 0.15) is 30.9 Å². The first-order valence-electron chi connectivity index (χ1n) is 5.33. The fourth-order valence-corrected chi connectivity index (χ4v) is 2.07. The molecule has 0 aliphatic carbocycles. The van der Waals surface area contributed by atoms with Crippen molar-refractivity contribution in [2.24, 2.45) is 0 Å². The van der Waals surface area contributed by atoms with Crippen molar-refractivity contribution in [3.05, 3.63) is 29.6 Å². The van der Waals surface area contributed by atoms with Crippen LogP contribution in [-0.4, -0.2) is 29.0 Å². The molecule has 0 aromatic carbocycles. The molecule has 2 nitrogen and oxygen atoms in total. The lowest BCUT2D eigenvalue weighted by atomic mass is 9.88. The second kappa shape index (κ2) is 3.70. The Balaban J connectivity index is 2.03. The average Bonchev–Trinajstić information content (AvgIpc) is 2.05. The number of likely N-dealkylation sites (tertiary alicyclic amines) is 1. The van der Waals surface area contributed by atoms with Crippen LogP contribution in [0.2, 0.25) is 0 Å². The van der Waals surface area contributed by atoms with Gasteiger partial charge in [-0.15, -0.1) is 0 Å². The lowest BCUT2D eigenvalue weighted by Gasteiger charge is -2.42. The van der Waals surface area contributed by atoms with E-state index in [2.05, 4.69) is 36.7 Å². The molecule has 0 N–H and O–H groups in total. The SMILES string of the molecule is Cc1cnccc1C1CN(C(C)C)C1. The van der Waals surface area contributed by atoms with Crippen LogP contribution < -0.4 is 0 Å². The smallest absolute Gasteiger partial charge is 0.0299 e. The Morgan fingerprint density at radius 3 is 2.71 bits per heavy atom. The van der Waals surface area contributed by atoms with Crippen molar-refractivity contribution >= 4 is 0 Å². The van der Waals surface area contributed by atoms with Gasteiger partial charge in [-0.25, -0.2) is 0 Å². The Bertz CT molecular complexity index is 314. The van der Waals surface area contributed by atoms with Crippen molar-refractivity contribution in [2.75, 3.05) is 13.1 Å². The third kappa shape index (κ3) is 1.67. The summed E-state index contributed by atoms with van der Waals surface area (Å²) in [6.45, 7) is 9.09. The number of aromatic nitrogens is 1. The Morgan fingerprint density at radius 1 is 1.43 bits per heavy atom. The zero-order chi connectivity index (χ0) is 10.1. The summed E-state index contributed by atoms with van der Waals surface area (Å²) in [6.07, 6.45) is 3.87. The van der Waals surface area contributed by atoms with Gasteiger partial charge in [-0.05, 0) is 38.0 Å². The molecule has 0 spiro atoms. The first kappa shape index (κ1) is 9.66. The number of nitrogens with zero attached hydrogens (tertiary/aromatic N) is 2. The predicted octanol–water partition coefficient (Wildman–Crippen LogP) is 2.20. The Kier molecular flexibility index (Phi) is 2.55. The Morgan fingerprint density at radius 2 is 2.14 bits per heavy atom. The van der Waals surface area contributed by atoms with Gasteiger partial charge in [0.2, 0.25) is 0 Å². The molecule has 1 aliphatic heterocycles. The maximum atomic E-state index is 4.13. The number of hydrogen-bond acceptors (Lipinski definition) is 2. The summed E-state index contributed by atoms with van der Waals surface area (Å²) >= 11 is 0. The van der Waals surface area contributed by atoms with E-state index in [1.807, 2.05) is 12.4 Å². The minimum Gasteiger partial charge on any atom is -0.300 e. The molecule has 14 heavy (non-hydrogen) atoms. The molecule has 1 aliphatic rings. The molecule has 0 unspecified atom stereocenters. The van der Waals surface area contributed by atoms with Gasteiger partial charge in [-0.2, -0.15) is 0 Å². The van der Waals surface area contributed by atoms with Crippen molar-refractivity contribution in [3.63, 3.8) is 0 Å².